The van der Waals surface area contributed by atoms with Crippen molar-refractivity contribution in [1.29, 1.82) is 0 Å². The second-order valence-corrected chi connectivity index (χ2v) is 11.8. The van der Waals surface area contributed by atoms with Crippen LogP contribution in [-0.4, -0.2) is 43.9 Å². The molecule has 0 aromatic heterocycles. The molecule has 50 heavy (non-hydrogen) atoms. The lowest BCUT2D eigenvalue weighted by molar-refractivity contribution is -0.459. The number of hydrogen-bond donors (Lipinski definition) is 4. The van der Waals surface area contributed by atoms with Gasteiger partial charge in [-0.2, -0.15) is 0 Å². The molecule has 0 saturated heterocycles. The first-order valence-electron chi connectivity index (χ1n) is 16.4. The summed E-state index contributed by atoms with van der Waals surface area (Å²) in [5.74, 6) is 0.0538. The molecule has 0 radical (unpaired) electrons. The van der Waals surface area contributed by atoms with Crippen molar-refractivity contribution in [3.63, 3.8) is 0 Å². The number of rotatable bonds is 18. The Bertz CT molecular complexity index is 2020. The number of guanidine groups is 1. The quantitative estimate of drug-likeness (QED) is 0.0345. The van der Waals surface area contributed by atoms with Gasteiger partial charge in [-0.1, -0.05) is 85.5 Å². The van der Waals surface area contributed by atoms with Crippen LogP contribution >= 0.6 is 0 Å². The Labute approximate surface area is 290 Å². The van der Waals surface area contributed by atoms with E-state index in [0.717, 1.165) is 32.7 Å². The fourth-order valence-corrected chi connectivity index (χ4v) is 5.92. The number of fused-ring (bicyclic) bond motifs is 2. The van der Waals surface area contributed by atoms with Crippen molar-refractivity contribution in [2.24, 2.45) is 17.4 Å². The topological polar surface area (TPSA) is 157 Å². The van der Waals surface area contributed by atoms with Gasteiger partial charge in [0.2, 0.25) is 5.91 Å². The smallest absolute Gasteiger partial charge is 0.338 e. The number of ether oxygens (including phenoxy) is 3. The second kappa shape index (κ2) is 17.3. The van der Waals surface area contributed by atoms with Crippen molar-refractivity contribution < 1.29 is 33.6 Å². The fraction of sp³-hybridized carbons (Fsp3) is 0.200. The van der Waals surface area contributed by atoms with Crippen LogP contribution in [0.15, 0.2) is 110 Å². The molecule has 0 unspecified atom stereocenters. The SMILES string of the molecule is C=CCOc1ccc2ccccc2c1-c1c(OCC(=O)C[C@H](CCC[NH+]=C(N)N)C(=O)Nc2cccc(COC=O)c2)ccc2ccccc12. The van der Waals surface area contributed by atoms with E-state index < -0.39 is 5.92 Å². The van der Waals surface area contributed by atoms with Gasteiger partial charge in [0.1, 0.15) is 31.3 Å². The van der Waals surface area contributed by atoms with E-state index in [-0.39, 0.29) is 37.3 Å². The van der Waals surface area contributed by atoms with Crippen LogP contribution in [0.5, 0.6) is 11.5 Å². The summed E-state index contributed by atoms with van der Waals surface area (Å²) in [6.45, 7) is 4.77. The van der Waals surface area contributed by atoms with Crippen LogP contribution in [0.25, 0.3) is 32.7 Å². The van der Waals surface area contributed by atoms with Crippen LogP contribution in [0.1, 0.15) is 24.8 Å². The van der Waals surface area contributed by atoms with Crippen molar-refractivity contribution in [3.8, 4) is 22.6 Å². The van der Waals surface area contributed by atoms with Gasteiger partial charge >= 0.3 is 5.96 Å². The van der Waals surface area contributed by atoms with Crippen LogP contribution in [-0.2, 0) is 25.7 Å². The number of hydrogen-bond acceptors (Lipinski definition) is 6. The number of carbonyl (C=O) groups excluding carboxylic acids is 3. The molecule has 0 heterocycles. The van der Waals surface area contributed by atoms with Crippen molar-refractivity contribution in [2.75, 3.05) is 25.1 Å². The number of benzene rings is 5. The molecule has 0 fully saturated rings. The molecule has 6 N–H and O–H groups in total. The summed E-state index contributed by atoms with van der Waals surface area (Å²) < 4.78 is 17.3. The molecule has 10 nitrogen and oxygen atoms in total. The summed E-state index contributed by atoms with van der Waals surface area (Å²) in [5, 5.41) is 6.86. The lowest BCUT2D eigenvalue weighted by Gasteiger charge is -2.20. The summed E-state index contributed by atoms with van der Waals surface area (Å²) in [5.41, 5.74) is 14.0. The average Bonchev–Trinajstić information content (AvgIpc) is 3.13. The third-order valence-electron chi connectivity index (χ3n) is 8.19. The van der Waals surface area contributed by atoms with Gasteiger partial charge in [0.05, 0.1) is 6.54 Å². The Balaban J connectivity index is 1.41. The predicted octanol–water partition coefficient (Wildman–Crippen LogP) is 4.62. The third-order valence-corrected chi connectivity index (χ3v) is 8.19. The number of anilines is 1. The van der Waals surface area contributed by atoms with Crippen molar-refractivity contribution in [3.05, 3.63) is 115 Å². The molecule has 0 saturated carbocycles. The van der Waals surface area contributed by atoms with Gasteiger partial charge < -0.3 is 19.5 Å². The lowest BCUT2D eigenvalue weighted by Crippen LogP contribution is -2.78. The minimum atomic E-state index is -0.658. The molecular formula is C40H41N4O6+. The summed E-state index contributed by atoms with van der Waals surface area (Å²) >= 11 is 0. The summed E-state index contributed by atoms with van der Waals surface area (Å²) in [7, 11) is 0. The largest absolute Gasteiger partial charge is 0.489 e. The molecule has 5 aromatic carbocycles. The number of Topliss-reactive ketones (excluding diaryl/α,β-unsaturated/α-hetero) is 1. The van der Waals surface area contributed by atoms with Gasteiger partial charge in [-0.05, 0) is 64.2 Å². The molecule has 0 bridgehead atoms. The number of ketones is 1. The van der Waals surface area contributed by atoms with E-state index in [9.17, 15) is 14.4 Å². The van der Waals surface area contributed by atoms with Crippen LogP contribution < -0.4 is 31.3 Å². The first-order valence-corrected chi connectivity index (χ1v) is 16.4. The standard InChI is InChI=1S/C40H40N4O6/c1-2-21-49-35-18-16-28-10-3-5-14-33(28)37(35)38-34-15-6-4-11-29(34)17-19-36(38)50-25-32(46)23-30(12-8-20-43-40(41)42)39(47)44-31-13-7-9-27(22-31)24-48-26-45/h2-7,9-11,13-19,22,26,30H,1,8,12,20-21,23-25H2,(H,44,47)(H4,41,42,43)/p+1/t30-/m0/s1. The summed E-state index contributed by atoms with van der Waals surface area (Å²) in [4.78, 5) is 40.6. The average molecular weight is 674 g/mol. The number of amides is 1. The number of nitrogens with one attached hydrogen (secondary N) is 2. The maximum Gasteiger partial charge on any atom is 0.338 e. The van der Waals surface area contributed by atoms with Gasteiger partial charge in [0.15, 0.2) is 5.78 Å². The Hall–Kier alpha value is -6.16. The highest BCUT2D eigenvalue weighted by Gasteiger charge is 2.24. The maximum absolute atomic E-state index is 13.6. The van der Waals surface area contributed by atoms with E-state index in [0.29, 0.717) is 55.2 Å². The van der Waals surface area contributed by atoms with Gasteiger partial charge in [-0.15, -0.1) is 0 Å². The molecule has 10 heteroatoms. The minimum Gasteiger partial charge on any atom is -0.489 e. The van der Waals surface area contributed by atoms with E-state index in [1.54, 1.807) is 30.3 Å². The molecule has 5 aromatic rings. The monoisotopic (exact) mass is 673 g/mol. The second-order valence-electron chi connectivity index (χ2n) is 11.8. The van der Waals surface area contributed by atoms with Crippen molar-refractivity contribution >= 4 is 51.4 Å². The molecule has 1 atom stereocenters. The Morgan fingerprint density at radius 1 is 0.840 bits per heavy atom. The van der Waals surface area contributed by atoms with Gasteiger partial charge in [0.25, 0.3) is 6.47 Å². The number of nitrogens with two attached hydrogens (primary N) is 2. The molecular weight excluding hydrogens is 632 g/mol. The van der Waals surface area contributed by atoms with Crippen LogP contribution in [0.3, 0.4) is 0 Å². The highest BCUT2D eigenvalue weighted by atomic mass is 16.5. The van der Waals surface area contributed by atoms with Crippen molar-refractivity contribution in [2.45, 2.75) is 25.9 Å². The third kappa shape index (κ3) is 9.04. The Kier molecular flexibility index (Phi) is 12.2. The zero-order valence-corrected chi connectivity index (χ0v) is 27.7. The fourth-order valence-electron chi connectivity index (χ4n) is 5.92. The maximum atomic E-state index is 13.6. The summed E-state index contributed by atoms with van der Waals surface area (Å²) in [6.07, 6.45) is 2.59. The van der Waals surface area contributed by atoms with Crippen molar-refractivity contribution in [1.82, 2.24) is 0 Å². The molecule has 256 valence electrons. The highest BCUT2D eigenvalue weighted by Crippen LogP contribution is 2.45. The summed E-state index contributed by atoms with van der Waals surface area (Å²) in [6, 6.07) is 30.8. The minimum absolute atomic E-state index is 0.0491. The molecule has 0 aliphatic heterocycles. The van der Waals surface area contributed by atoms with Crippen LogP contribution in [0, 0.1) is 5.92 Å². The normalized spacial score (nSPS) is 11.4. The molecule has 5 rings (SSSR count). The Morgan fingerprint density at radius 2 is 1.50 bits per heavy atom. The zero-order chi connectivity index (χ0) is 35.3. The lowest BCUT2D eigenvalue weighted by atomic mass is 9.92. The van der Waals surface area contributed by atoms with Crippen LogP contribution in [0.2, 0.25) is 0 Å². The predicted molar refractivity (Wildman–Crippen MR) is 196 cm³/mol. The molecule has 0 aliphatic rings. The highest BCUT2D eigenvalue weighted by molar-refractivity contribution is 6.10. The molecule has 0 spiro atoms. The van der Waals surface area contributed by atoms with E-state index in [4.69, 9.17) is 25.7 Å². The number of carbonyl (C=O) groups is 3. The Morgan fingerprint density at radius 3 is 2.14 bits per heavy atom. The first kappa shape index (κ1) is 35.2. The van der Waals surface area contributed by atoms with Gasteiger partial charge in [-0.25, -0.2) is 0 Å². The first-order chi connectivity index (χ1) is 24.4. The van der Waals surface area contributed by atoms with E-state index in [1.807, 2.05) is 72.8 Å². The van der Waals surface area contributed by atoms with Gasteiger partial charge in [-0.3, -0.25) is 30.8 Å². The molecule has 1 amide bonds. The van der Waals surface area contributed by atoms with Crippen LogP contribution in [0.4, 0.5) is 5.69 Å². The van der Waals surface area contributed by atoms with E-state index in [2.05, 4.69) is 16.9 Å². The molecule has 0 aliphatic carbocycles. The van der Waals surface area contributed by atoms with Gasteiger partial charge in [0, 0.05) is 29.2 Å². The zero-order valence-electron chi connectivity index (χ0n) is 27.7. The van der Waals surface area contributed by atoms with E-state index in [1.165, 1.54) is 0 Å². The van der Waals surface area contributed by atoms with E-state index >= 15 is 0 Å².